The number of aryl methyl sites for hydroxylation is 1. The normalized spacial score (nSPS) is 10.0. The second-order valence-electron chi connectivity index (χ2n) is 2.52. The highest BCUT2D eigenvalue weighted by Gasteiger charge is 1.90. The summed E-state index contributed by atoms with van der Waals surface area (Å²) in [5, 5.41) is 0. The Balaban J connectivity index is 2.66. The molecule has 1 rings (SSSR count). The monoisotopic (exact) mass is 162 g/mol. The van der Waals surface area contributed by atoms with E-state index in [4.69, 9.17) is 5.73 Å². The Hall–Kier alpha value is -0.603. The van der Waals surface area contributed by atoms with Crippen LogP contribution in [0.1, 0.15) is 11.1 Å². The van der Waals surface area contributed by atoms with E-state index < -0.39 is 0 Å². The molecule has 0 heterocycles. The number of hydrogen-bond acceptors (Lipinski definition) is 1. The van der Waals surface area contributed by atoms with Gasteiger partial charge in [-0.05, 0) is 17.5 Å². The van der Waals surface area contributed by atoms with Crippen molar-refractivity contribution in [3.63, 3.8) is 0 Å². The van der Waals surface area contributed by atoms with Gasteiger partial charge in [-0.3, -0.25) is 0 Å². The molecule has 3 radical (unpaired) electrons. The molecule has 0 fully saturated rings. The fourth-order valence-electron chi connectivity index (χ4n) is 0.986. The van der Waals surface area contributed by atoms with Crippen molar-refractivity contribution in [2.75, 3.05) is 0 Å². The molecule has 0 spiro atoms. The highest BCUT2D eigenvalue weighted by Crippen LogP contribution is 2.05. The first-order chi connectivity index (χ1) is 5.36. The summed E-state index contributed by atoms with van der Waals surface area (Å²) in [4.78, 5) is 0. The van der Waals surface area contributed by atoms with E-state index in [0.29, 0.717) is 6.54 Å². The number of nitrogens with two attached hydrogens (primary N) is 1. The van der Waals surface area contributed by atoms with Crippen LogP contribution in [0.5, 0.6) is 0 Å². The first-order valence-corrected chi connectivity index (χ1v) is 4.50. The lowest BCUT2D eigenvalue weighted by atomic mass is 10.1. The molecule has 0 aliphatic heterocycles. The van der Waals surface area contributed by atoms with E-state index in [1.54, 1.807) is 0 Å². The predicted octanol–water partition coefficient (Wildman–Crippen LogP) is 1.27. The van der Waals surface area contributed by atoms with Gasteiger partial charge in [0, 0.05) is 16.8 Å². The summed E-state index contributed by atoms with van der Waals surface area (Å²) >= 11 is 0. The lowest BCUT2D eigenvalue weighted by Crippen LogP contribution is -1.95. The third-order valence-electron chi connectivity index (χ3n) is 1.67. The second kappa shape index (κ2) is 4.31. The molecule has 0 aliphatic rings. The van der Waals surface area contributed by atoms with E-state index in [9.17, 15) is 0 Å². The van der Waals surface area contributed by atoms with Crippen molar-refractivity contribution >= 4 is 10.2 Å². The third kappa shape index (κ3) is 2.48. The SMILES string of the molecule is NCc1ccc(CC[Si])cc1. The molecule has 0 saturated carbocycles. The van der Waals surface area contributed by atoms with Gasteiger partial charge in [-0.2, -0.15) is 0 Å². The van der Waals surface area contributed by atoms with Gasteiger partial charge in [0.25, 0.3) is 0 Å². The molecule has 11 heavy (non-hydrogen) atoms. The highest BCUT2D eigenvalue weighted by molar-refractivity contribution is 6.08. The van der Waals surface area contributed by atoms with Crippen molar-refractivity contribution in [1.29, 1.82) is 0 Å². The van der Waals surface area contributed by atoms with Gasteiger partial charge < -0.3 is 5.73 Å². The first-order valence-electron chi connectivity index (χ1n) is 3.79. The molecule has 0 bridgehead atoms. The van der Waals surface area contributed by atoms with Crippen LogP contribution < -0.4 is 5.73 Å². The molecule has 0 atom stereocenters. The van der Waals surface area contributed by atoms with E-state index in [-0.39, 0.29) is 0 Å². The average Bonchev–Trinajstić information content (AvgIpc) is 2.07. The molecule has 0 aromatic heterocycles. The molecular formula is C9H12NSi. The Labute approximate surface area is 71.0 Å². The van der Waals surface area contributed by atoms with Gasteiger partial charge in [-0.1, -0.05) is 30.3 Å². The molecular weight excluding hydrogens is 150 g/mol. The average molecular weight is 162 g/mol. The first kappa shape index (κ1) is 8.49. The molecule has 0 amide bonds. The zero-order valence-electron chi connectivity index (χ0n) is 6.51. The summed E-state index contributed by atoms with van der Waals surface area (Å²) in [7, 11) is 3.44. The van der Waals surface area contributed by atoms with Crippen LogP contribution in [0.25, 0.3) is 0 Å². The van der Waals surface area contributed by atoms with Crippen molar-refractivity contribution in [2.45, 2.75) is 19.0 Å². The van der Waals surface area contributed by atoms with Gasteiger partial charge in [0.1, 0.15) is 0 Å². The van der Waals surface area contributed by atoms with Crippen molar-refractivity contribution in [2.24, 2.45) is 5.73 Å². The standard InChI is InChI=1S/C9H12NSi/c10-7-9-3-1-8(2-4-9)5-6-11/h1-4H,5-7,10H2. The smallest absolute Gasteiger partial charge is 0.0225 e. The van der Waals surface area contributed by atoms with E-state index in [1.807, 2.05) is 0 Å². The Morgan fingerprint density at radius 1 is 1.09 bits per heavy atom. The van der Waals surface area contributed by atoms with E-state index in [2.05, 4.69) is 34.5 Å². The summed E-state index contributed by atoms with van der Waals surface area (Å²) in [6.45, 7) is 0.633. The maximum absolute atomic E-state index is 5.46. The molecule has 0 unspecified atom stereocenters. The fourth-order valence-corrected chi connectivity index (χ4v) is 1.28. The number of hydrogen-bond donors (Lipinski definition) is 1. The molecule has 57 valence electrons. The zero-order chi connectivity index (χ0) is 8.10. The topological polar surface area (TPSA) is 26.0 Å². The van der Waals surface area contributed by atoms with E-state index in [0.717, 1.165) is 12.5 Å². The lowest BCUT2D eigenvalue weighted by molar-refractivity contribution is 1.06. The summed E-state index contributed by atoms with van der Waals surface area (Å²) < 4.78 is 0. The Kier molecular flexibility index (Phi) is 3.33. The minimum atomic E-state index is 0.633. The van der Waals surface area contributed by atoms with Gasteiger partial charge in [0.2, 0.25) is 0 Å². The minimum absolute atomic E-state index is 0.633. The largest absolute Gasteiger partial charge is 0.326 e. The molecule has 2 heteroatoms. The maximum Gasteiger partial charge on any atom is 0.0225 e. The number of benzene rings is 1. The second-order valence-corrected chi connectivity index (χ2v) is 3.02. The number of rotatable bonds is 3. The van der Waals surface area contributed by atoms with Crippen molar-refractivity contribution in [3.8, 4) is 0 Å². The Morgan fingerprint density at radius 2 is 1.64 bits per heavy atom. The van der Waals surface area contributed by atoms with Gasteiger partial charge in [0.15, 0.2) is 0 Å². The lowest BCUT2D eigenvalue weighted by Gasteiger charge is -1.99. The van der Waals surface area contributed by atoms with Gasteiger partial charge >= 0.3 is 0 Å². The predicted molar refractivity (Wildman–Crippen MR) is 48.6 cm³/mol. The van der Waals surface area contributed by atoms with Crippen LogP contribution in [0.4, 0.5) is 0 Å². The van der Waals surface area contributed by atoms with Crippen LogP contribution in [0, 0.1) is 0 Å². The highest BCUT2D eigenvalue weighted by atomic mass is 28.1. The zero-order valence-corrected chi connectivity index (χ0v) is 7.51. The van der Waals surface area contributed by atoms with Crippen molar-refractivity contribution in [3.05, 3.63) is 35.4 Å². The molecule has 1 aromatic rings. The van der Waals surface area contributed by atoms with Crippen molar-refractivity contribution < 1.29 is 0 Å². The molecule has 1 aromatic carbocycles. The molecule has 0 saturated heterocycles. The summed E-state index contributed by atoms with van der Waals surface area (Å²) in [6, 6.07) is 9.43. The third-order valence-corrected chi connectivity index (χ3v) is 1.92. The van der Waals surface area contributed by atoms with Gasteiger partial charge in [0.05, 0.1) is 0 Å². The summed E-state index contributed by atoms with van der Waals surface area (Å²) in [5.41, 5.74) is 8.02. The molecule has 0 aliphatic carbocycles. The van der Waals surface area contributed by atoms with Crippen LogP contribution in [0.3, 0.4) is 0 Å². The van der Waals surface area contributed by atoms with Crippen LogP contribution in [-0.2, 0) is 13.0 Å². The molecule has 2 N–H and O–H groups in total. The molecule has 1 nitrogen and oxygen atoms in total. The van der Waals surface area contributed by atoms with Crippen molar-refractivity contribution in [1.82, 2.24) is 0 Å². The Morgan fingerprint density at radius 3 is 2.09 bits per heavy atom. The van der Waals surface area contributed by atoms with Crippen LogP contribution in [0.15, 0.2) is 24.3 Å². The van der Waals surface area contributed by atoms with E-state index in [1.165, 1.54) is 11.1 Å². The van der Waals surface area contributed by atoms with Gasteiger partial charge in [-0.25, -0.2) is 0 Å². The fraction of sp³-hybridized carbons (Fsp3) is 0.333. The van der Waals surface area contributed by atoms with E-state index >= 15 is 0 Å². The summed E-state index contributed by atoms with van der Waals surface area (Å²) in [6.07, 6.45) is 1.09. The quantitative estimate of drug-likeness (QED) is 0.666. The van der Waals surface area contributed by atoms with Gasteiger partial charge in [-0.15, -0.1) is 0 Å². The Bertz CT molecular complexity index is 205. The van der Waals surface area contributed by atoms with Crippen LogP contribution in [-0.4, -0.2) is 10.2 Å². The summed E-state index contributed by atoms with van der Waals surface area (Å²) in [5.74, 6) is 0. The maximum atomic E-state index is 5.46. The van der Waals surface area contributed by atoms with Crippen LogP contribution >= 0.6 is 0 Å². The van der Waals surface area contributed by atoms with Crippen LogP contribution in [0.2, 0.25) is 6.04 Å². The minimum Gasteiger partial charge on any atom is -0.326 e.